The third-order valence-corrected chi connectivity index (χ3v) is 0.408. The van der Waals surface area contributed by atoms with Gasteiger partial charge in [-0.3, -0.25) is 4.79 Å². The lowest BCUT2D eigenvalue weighted by molar-refractivity contribution is 0.262. The Balaban J connectivity index is 2.85. The molecule has 0 rings (SSSR count). The maximum atomic E-state index is 9.52. The third-order valence-electron chi connectivity index (χ3n) is 0.204. The summed E-state index contributed by atoms with van der Waals surface area (Å²) in [6, 6.07) is 0. The molecule has 0 aromatic heterocycles. The molecular weight excluding hydrogens is 86.1 g/mol. The van der Waals surface area contributed by atoms with Crippen molar-refractivity contribution in [2.24, 2.45) is 0 Å². The van der Waals surface area contributed by atoms with E-state index >= 15 is 0 Å². The highest BCUT2D eigenvalue weighted by molar-refractivity contribution is 7.96. The zero-order chi connectivity index (χ0) is 4.28. The summed E-state index contributed by atoms with van der Waals surface area (Å²) in [6.45, 7) is 0. The Morgan fingerprint density at radius 1 is 2.00 bits per heavy atom. The molecule has 0 aliphatic rings. The summed E-state index contributed by atoms with van der Waals surface area (Å²) in [4.78, 5) is 9.52. The van der Waals surface area contributed by atoms with Gasteiger partial charge in [-0.25, -0.2) is 0 Å². The lowest BCUT2D eigenvalue weighted by Gasteiger charge is -1.76. The average molecular weight is 90.1 g/mol. The van der Waals surface area contributed by atoms with Gasteiger partial charge in [-0.05, 0) is 12.6 Å². The van der Waals surface area contributed by atoms with E-state index in [1.54, 1.807) is 0 Å². The van der Waals surface area contributed by atoms with E-state index < -0.39 is 5.24 Å². The van der Waals surface area contributed by atoms with E-state index in [1.807, 2.05) is 0 Å². The number of carbonyl (C=O) groups excluding carboxylic acids is 1. The smallest absolute Gasteiger partial charge is 0.310 e. The standard InChI is InChI=1S/C2H4NOS/c1-3-2(4)5/h1H3,(H,3,4). The molecule has 3 heteroatoms. The van der Waals surface area contributed by atoms with Crippen LogP contribution < -0.4 is 5.32 Å². The number of nitrogens with one attached hydrogen (secondary N) is 1. The number of hydrogen-bond acceptors (Lipinski definition) is 1. The van der Waals surface area contributed by atoms with Crippen LogP contribution in [0.5, 0.6) is 0 Å². The predicted molar refractivity (Wildman–Crippen MR) is 22.0 cm³/mol. The molecule has 0 spiro atoms. The Labute approximate surface area is 36.0 Å². The van der Waals surface area contributed by atoms with Gasteiger partial charge in [-0.2, -0.15) is 0 Å². The van der Waals surface area contributed by atoms with Gasteiger partial charge in [0.05, 0.1) is 0 Å². The van der Waals surface area contributed by atoms with E-state index in [0.29, 0.717) is 0 Å². The quantitative estimate of drug-likeness (QED) is 0.461. The molecule has 0 saturated carbocycles. The minimum Gasteiger partial charge on any atom is -0.346 e. The Bertz CT molecular complexity index is 44.9. The van der Waals surface area contributed by atoms with Crippen molar-refractivity contribution in [1.82, 2.24) is 5.32 Å². The molecule has 1 amide bonds. The monoisotopic (exact) mass is 90.0 g/mol. The van der Waals surface area contributed by atoms with E-state index in [-0.39, 0.29) is 0 Å². The maximum absolute atomic E-state index is 9.52. The molecule has 0 aliphatic heterocycles. The van der Waals surface area contributed by atoms with Gasteiger partial charge in [0.25, 0.3) is 0 Å². The second-order valence-corrected chi connectivity index (χ2v) is 0.908. The molecule has 0 aromatic rings. The molecule has 5 heavy (non-hydrogen) atoms. The van der Waals surface area contributed by atoms with Crippen LogP contribution in [0.3, 0.4) is 0 Å². The highest BCUT2D eigenvalue weighted by atomic mass is 32.1. The van der Waals surface area contributed by atoms with Crippen molar-refractivity contribution in [2.45, 2.75) is 0 Å². The minimum atomic E-state index is -0.412. The van der Waals surface area contributed by atoms with Gasteiger partial charge in [0.1, 0.15) is 0 Å². The number of hydrogen-bond donors (Lipinski definition) is 1. The molecule has 2 nitrogen and oxygen atoms in total. The van der Waals surface area contributed by atoms with Crippen LogP contribution in [0.25, 0.3) is 0 Å². The Kier molecular flexibility index (Phi) is 1.84. The molecule has 1 N–H and O–H groups in total. The summed E-state index contributed by atoms with van der Waals surface area (Å²) in [5.41, 5.74) is 0. The fourth-order valence-corrected chi connectivity index (χ4v) is 0. The van der Waals surface area contributed by atoms with Gasteiger partial charge in [-0.15, -0.1) is 0 Å². The van der Waals surface area contributed by atoms with Crippen molar-refractivity contribution < 1.29 is 4.79 Å². The van der Waals surface area contributed by atoms with Crippen molar-refractivity contribution in [3.05, 3.63) is 0 Å². The topological polar surface area (TPSA) is 29.1 Å². The van der Waals surface area contributed by atoms with Crippen molar-refractivity contribution in [3.63, 3.8) is 0 Å². The van der Waals surface area contributed by atoms with E-state index in [4.69, 9.17) is 0 Å². The van der Waals surface area contributed by atoms with Crippen LogP contribution >= 0.6 is 12.6 Å². The van der Waals surface area contributed by atoms with Crippen LogP contribution in [0, 0.1) is 0 Å². The van der Waals surface area contributed by atoms with Crippen molar-refractivity contribution in [3.8, 4) is 0 Å². The first-order valence-corrected chi connectivity index (χ1v) is 1.57. The van der Waals surface area contributed by atoms with Gasteiger partial charge in [0.15, 0.2) is 0 Å². The van der Waals surface area contributed by atoms with Crippen LogP contribution in [0.2, 0.25) is 0 Å². The van der Waals surface area contributed by atoms with Crippen molar-refractivity contribution in [2.75, 3.05) is 7.05 Å². The minimum absolute atomic E-state index is 0.412. The largest absolute Gasteiger partial charge is 0.346 e. The van der Waals surface area contributed by atoms with Crippen LogP contribution in [0.15, 0.2) is 0 Å². The third kappa shape index (κ3) is 3.69. The zero-order valence-electron chi connectivity index (χ0n) is 2.82. The summed E-state index contributed by atoms with van der Waals surface area (Å²) >= 11 is 4.03. The van der Waals surface area contributed by atoms with Crippen LogP contribution in [-0.2, 0) is 0 Å². The first-order valence-electron chi connectivity index (χ1n) is 1.16. The van der Waals surface area contributed by atoms with Gasteiger partial charge in [-0.1, -0.05) is 0 Å². The molecule has 29 valence electrons. The van der Waals surface area contributed by atoms with Gasteiger partial charge < -0.3 is 5.32 Å². The van der Waals surface area contributed by atoms with E-state index in [2.05, 4.69) is 17.9 Å². The lowest BCUT2D eigenvalue weighted by atomic mass is 11.2. The molecule has 0 fully saturated rings. The van der Waals surface area contributed by atoms with E-state index in [9.17, 15) is 4.79 Å². The molecular formula is C2H4NOS. The highest BCUT2D eigenvalue weighted by Gasteiger charge is 1.77. The molecule has 0 unspecified atom stereocenters. The van der Waals surface area contributed by atoms with Gasteiger partial charge >= 0.3 is 5.24 Å². The first kappa shape index (κ1) is 4.69. The number of rotatable bonds is 0. The zero-order valence-corrected chi connectivity index (χ0v) is 3.63. The lowest BCUT2D eigenvalue weighted by Crippen LogP contribution is -2.06. The summed E-state index contributed by atoms with van der Waals surface area (Å²) in [5.74, 6) is 0. The molecule has 0 heterocycles. The SMILES string of the molecule is CNC(=O)[S]. The number of amides is 1. The van der Waals surface area contributed by atoms with Crippen LogP contribution in [0.4, 0.5) is 4.79 Å². The summed E-state index contributed by atoms with van der Waals surface area (Å²) < 4.78 is 0. The Morgan fingerprint density at radius 2 is 2.20 bits per heavy atom. The molecule has 0 aliphatic carbocycles. The fourth-order valence-electron chi connectivity index (χ4n) is 0. The summed E-state index contributed by atoms with van der Waals surface area (Å²) in [7, 11) is 1.50. The molecule has 0 atom stereocenters. The second-order valence-electron chi connectivity index (χ2n) is 0.537. The average Bonchev–Trinajstić information content (AvgIpc) is 1.38. The highest BCUT2D eigenvalue weighted by Crippen LogP contribution is 1.67. The maximum Gasteiger partial charge on any atom is 0.310 e. The van der Waals surface area contributed by atoms with Gasteiger partial charge in [0.2, 0.25) is 0 Å². The summed E-state index contributed by atoms with van der Waals surface area (Å²) in [5, 5.41) is 1.79. The fraction of sp³-hybridized carbons (Fsp3) is 0.500. The normalized spacial score (nSPS) is 6.60. The van der Waals surface area contributed by atoms with E-state index in [0.717, 1.165) is 0 Å². The Hall–Kier alpha value is -0.310. The number of carbonyl (C=O) groups is 1. The molecule has 0 aromatic carbocycles. The van der Waals surface area contributed by atoms with Crippen LogP contribution in [0.1, 0.15) is 0 Å². The van der Waals surface area contributed by atoms with Crippen molar-refractivity contribution >= 4 is 17.9 Å². The summed E-state index contributed by atoms with van der Waals surface area (Å²) in [6.07, 6.45) is 0. The van der Waals surface area contributed by atoms with E-state index in [1.165, 1.54) is 7.05 Å². The van der Waals surface area contributed by atoms with Crippen LogP contribution in [-0.4, -0.2) is 12.3 Å². The van der Waals surface area contributed by atoms with Crippen molar-refractivity contribution in [1.29, 1.82) is 0 Å². The molecule has 0 saturated heterocycles. The van der Waals surface area contributed by atoms with Gasteiger partial charge in [0, 0.05) is 7.05 Å². The second kappa shape index (κ2) is 1.96. The molecule has 1 radical (unpaired) electrons. The first-order chi connectivity index (χ1) is 2.27. The predicted octanol–water partition coefficient (Wildman–Crippen LogP) is 0.523. The molecule has 0 bridgehead atoms. The Morgan fingerprint density at radius 3 is 2.20 bits per heavy atom.